The molecule has 0 aliphatic carbocycles. The molecule has 1 aromatic rings. The van der Waals surface area contributed by atoms with Gasteiger partial charge >= 0.3 is 5.97 Å². The summed E-state index contributed by atoms with van der Waals surface area (Å²) < 4.78 is 0. The molecule has 12 heteroatoms. The number of carbonyl (C=O) groups excluding carboxylic acids is 3. The standard InChI is InChI=1S/C21H36N6O6/c1-6-11(4)15(22)18(29)27-17(12(5)28)20(31)26-16(10(2)3)19(30)25-14(21(32)33)7-13-8-23-9-24-13/h8-12,14-17,28H,6-7,22H2,1-5H3,(H,23,24)(H,25,30)(H,26,31)(H,27,29)(H,32,33). The van der Waals surface area contributed by atoms with Crippen LogP contribution in [0, 0.1) is 11.8 Å². The third-order valence-electron chi connectivity index (χ3n) is 5.46. The van der Waals surface area contributed by atoms with Gasteiger partial charge in [0.05, 0.1) is 18.5 Å². The molecule has 0 bridgehead atoms. The fourth-order valence-electron chi connectivity index (χ4n) is 3.02. The average molecular weight is 469 g/mol. The van der Waals surface area contributed by atoms with Crippen LogP contribution in [0.15, 0.2) is 12.5 Å². The second-order valence-corrected chi connectivity index (χ2v) is 8.55. The van der Waals surface area contributed by atoms with Crippen LogP contribution in [0.25, 0.3) is 0 Å². The monoisotopic (exact) mass is 468 g/mol. The van der Waals surface area contributed by atoms with Gasteiger partial charge in [0.2, 0.25) is 17.7 Å². The highest BCUT2D eigenvalue weighted by molar-refractivity contribution is 5.94. The Bertz CT molecular complexity index is 797. The predicted octanol–water partition coefficient (Wildman–Crippen LogP) is -1.10. The quantitative estimate of drug-likeness (QED) is 0.189. The number of aliphatic hydroxyl groups is 1. The summed E-state index contributed by atoms with van der Waals surface area (Å²) in [4.78, 5) is 56.3. The first-order valence-corrected chi connectivity index (χ1v) is 10.9. The number of nitrogens with two attached hydrogens (primary N) is 1. The van der Waals surface area contributed by atoms with Crippen LogP contribution in [0.3, 0.4) is 0 Å². The second-order valence-electron chi connectivity index (χ2n) is 8.55. The van der Waals surface area contributed by atoms with Gasteiger partial charge in [0.1, 0.15) is 18.1 Å². The lowest BCUT2D eigenvalue weighted by atomic mass is 9.98. The van der Waals surface area contributed by atoms with Crippen molar-refractivity contribution in [2.75, 3.05) is 0 Å². The number of carboxylic acid groups (broad SMARTS) is 1. The minimum absolute atomic E-state index is 0.0281. The fourth-order valence-corrected chi connectivity index (χ4v) is 3.02. The van der Waals surface area contributed by atoms with Gasteiger partial charge in [-0.25, -0.2) is 9.78 Å². The van der Waals surface area contributed by atoms with Crippen molar-refractivity contribution in [1.82, 2.24) is 25.9 Å². The Balaban J connectivity index is 2.92. The predicted molar refractivity (Wildman–Crippen MR) is 120 cm³/mol. The van der Waals surface area contributed by atoms with Crippen LogP contribution in [0.2, 0.25) is 0 Å². The van der Waals surface area contributed by atoms with Crippen LogP contribution in [0.1, 0.15) is 46.7 Å². The number of rotatable bonds is 13. The number of aromatic amines is 1. The molecular weight excluding hydrogens is 432 g/mol. The number of carboxylic acids is 1. The molecule has 33 heavy (non-hydrogen) atoms. The molecule has 8 N–H and O–H groups in total. The van der Waals surface area contributed by atoms with E-state index < -0.39 is 59.9 Å². The first-order chi connectivity index (χ1) is 15.4. The van der Waals surface area contributed by atoms with Gasteiger partial charge in [-0.1, -0.05) is 34.1 Å². The molecule has 0 saturated heterocycles. The normalized spacial score (nSPS) is 16.7. The zero-order valence-electron chi connectivity index (χ0n) is 19.7. The van der Waals surface area contributed by atoms with Crippen LogP contribution in [-0.2, 0) is 25.6 Å². The number of amides is 3. The molecule has 12 nitrogen and oxygen atoms in total. The molecule has 1 heterocycles. The highest BCUT2D eigenvalue weighted by Crippen LogP contribution is 2.08. The summed E-state index contributed by atoms with van der Waals surface area (Å²) >= 11 is 0. The van der Waals surface area contributed by atoms with E-state index in [9.17, 15) is 29.4 Å². The number of nitrogens with zero attached hydrogens (tertiary/aromatic N) is 1. The van der Waals surface area contributed by atoms with Crippen molar-refractivity contribution in [1.29, 1.82) is 0 Å². The zero-order valence-corrected chi connectivity index (χ0v) is 19.7. The van der Waals surface area contributed by atoms with Crippen molar-refractivity contribution >= 4 is 23.7 Å². The van der Waals surface area contributed by atoms with Crippen LogP contribution in [-0.4, -0.2) is 74.1 Å². The summed E-state index contributed by atoms with van der Waals surface area (Å²) in [7, 11) is 0. The maximum absolute atomic E-state index is 12.8. The van der Waals surface area contributed by atoms with Crippen molar-refractivity contribution in [3.05, 3.63) is 18.2 Å². The number of aromatic nitrogens is 2. The summed E-state index contributed by atoms with van der Waals surface area (Å²) in [5.74, 6) is -3.90. The summed E-state index contributed by atoms with van der Waals surface area (Å²) in [6, 6.07) is -4.58. The third kappa shape index (κ3) is 8.46. The van der Waals surface area contributed by atoms with Crippen LogP contribution in [0.5, 0.6) is 0 Å². The van der Waals surface area contributed by atoms with Gasteiger partial charge in [-0.2, -0.15) is 0 Å². The van der Waals surface area contributed by atoms with E-state index in [-0.39, 0.29) is 12.3 Å². The highest BCUT2D eigenvalue weighted by Gasteiger charge is 2.34. The van der Waals surface area contributed by atoms with E-state index in [0.29, 0.717) is 12.1 Å². The van der Waals surface area contributed by atoms with Crippen LogP contribution >= 0.6 is 0 Å². The first kappa shape index (κ1) is 28.0. The van der Waals surface area contributed by atoms with Crippen molar-refractivity contribution in [2.45, 2.75) is 77.7 Å². The number of aliphatic hydroxyl groups excluding tert-OH is 1. The number of hydrogen-bond donors (Lipinski definition) is 7. The van der Waals surface area contributed by atoms with Gasteiger partial charge < -0.3 is 36.9 Å². The van der Waals surface area contributed by atoms with E-state index in [1.165, 1.54) is 19.4 Å². The molecular formula is C21H36N6O6. The fraction of sp³-hybridized carbons (Fsp3) is 0.667. The van der Waals surface area contributed by atoms with Crippen molar-refractivity contribution in [2.24, 2.45) is 17.6 Å². The zero-order chi connectivity index (χ0) is 25.3. The Morgan fingerprint density at radius 3 is 2.06 bits per heavy atom. The summed E-state index contributed by atoms with van der Waals surface area (Å²) in [5, 5.41) is 26.9. The molecule has 6 unspecified atom stereocenters. The van der Waals surface area contributed by atoms with E-state index in [2.05, 4.69) is 25.9 Å². The average Bonchev–Trinajstić information content (AvgIpc) is 3.26. The lowest BCUT2D eigenvalue weighted by molar-refractivity contribution is -0.142. The summed E-state index contributed by atoms with van der Waals surface area (Å²) in [6.07, 6.45) is 2.20. The number of imidazole rings is 1. The van der Waals surface area contributed by atoms with Crippen LogP contribution in [0.4, 0.5) is 0 Å². The Labute approximate surface area is 193 Å². The van der Waals surface area contributed by atoms with E-state index in [1.54, 1.807) is 20.8 Å². The van der Waals surface area contributed by atoms with E-state index in [0.717, 1.165) is 0 Å². The Morgan fingerprint density at radius 1 is 1.03 bits per heavy atom. The summed E-state index contributed by atoms with van der Waals surface area (Å²) in [6.45, 7) is 8.34. The Kier molecular flexibility index (Phi) is 11.0. The topological polar surface area (TPSA) is 200 Å². The van der Waals surface area contributed by atoms with Gasteiger partial charge in [-0.15, -0.1) is 0 Å². The van der Waals surface area contributed by atoms with E-state index in [1.807, 2.05) is 6.92 Å². The van der Waals surface area contributed by atoms with Gasteiger partial charge in [0.25, 0.3) is 0 Å². The first-order valence-electron chi connectivity index (χ1n) is 10.9. The number of nitrogens with one attached hydrogen (secondary N) is 4. The minimum Gasteiger partial charge on any atom is -0.480 e. The SMILES string of the molecule is CCC(C)C(N)C(=O)NC(C(=O)NC(C(=O)NC(Cc1cnc[nH]1)C(=O)O)C(C)C)C(C)O. The number of carbonyl (C=O) groups is 4. The number of hydrogen-bond acceptors (Lipinski definition) is 7. The number of aliphatic carboxylic acids is 1. The molecule has 0 saturated carbocycles. The molecule has 0 aliphatic rings. The lowest BCUT2D eigenvalue weighted by Crippen LogP contribution is -2.61. The van der Waals surface area contributed by atoms with Gasteiger partial charge in [-0.3, -0.25) is 14.4 Å². The maximum atomic E-state index is 12.8. The molecule has 0 spiro atoms. The molecule has 186 valence electrons. The Morgan fingerprint density at radius 2 is 1.61 bits per heavy atom. The van der Waals surface area contributed by atoms with Crippen molar-refractivity contribution in [3.8, 4) is 0 Å². The smallest absolute Gasteiger partial charge is 0.326 e. The van der Waals surface area contributed by atoms with E-state index >= 15 is 0 Å². The van der Waals surface area contributed by atoms with E-state index in [4.69, 9.17) is 5.73 Å². The maximum Gasteiger partial charge on any atom is 0.326 e. The molecule has 0 aromatic carbocycles. The molecule has 1 rings (SSSR count). The molecule has 3 amide bonds. The third-order valence-corrected chi connectivity index (χ3v) is 5.46. The Hall–Kier alpha value is -2.99. The summed E-state index contributed by atoms with van der Waals surface area (Å²) in [5.41, 5.74) is 6.42. The minimum atomic E-state index is -1.35. The molecule has 0 fully saturated rings. The molecule has 0 aliphatic heterocycles. The van der Waals surface area contributed by atoms with Gasteiger partial charge in [-0.05, 0) is 18.8 Å². The molecule has 0 radical (unpaired) electrons. The molecule has 1 aromatic heterocycles. The van der Waals surface area contributed by atoms with Crippen LogP contribution < -0.4 is 21.7 Å². The largest absolute Gasteiger partial charge is 0.480 e. The lowest BCUT2D eigenvalue weighted by Gasteiger charge is -2.28. The second kappa shape index (κ2) is 12.9. The van der Waals surface area contributed by atoms with Gasteiger partial charge in [0.15, 0.2) is 0 Å². The van der Waals surface area contributed by atoms with Gasteiger partial charge in [0, 0.05) is 18.3 Å². The van der Waals surface area contributed by atoms with Crippen molar-refractivity contribution in [3.63, 3.8) is 0 Å². The number of H-pyrrole nitrogens is 1. The van der Waals surface area contributed by atoms with Crippen molar-refractivity contribution < 1.29 is 29.4 Å². The highest BCUT2D eigenvalue weighted by atomic mass is 16.4. The molecule has 6 atom stereocenters.